The Morgan fingerprint density at radius 2 is 1.86 bits per heavy atom. The zero-order chi connectivity index (χ0) is 25.6. The van der Waals surface area contributed by atoms with Gasteiger partial charge in [0.1, 0.15) is 11.3 Å². The van der Waals surface area contributed by atoms with Gasteiger partial charge in [-0.25, -0.2) is 9.97 Å². The number of carbonyl (C=O) groups is 1. The highest BCUT2D eigenvalue weighted by atomic mass is 16.5. The number of pyridine rings is 1. The zero-order valence-electron chi connectivity index (χ0n) is 21.0. The van der Waals surface area contributed by atoms with Gasteiger partial charge in [-0.1, -0.05) is 42.5 Å². The standard InChI is InChI=1S/C29H31N5O3/c1-2-37-24-14-12-21(13-15-24)18-31-28(35)23-10-7-17-33(20-23)27-29(36)34(19-22-8-4-3-5-9-22)26-25(32-27)11-6-16-30-26/h3-6,8-9,11-16,23H,2,7,10,17-20H2,1H3,(H,31,35). The minimum Gasteiger partial charge on any atom is -0.494 e. The van der Waals surface area contributed by atoms with Gasteiger partial charge in [0.05, 0.1) is 19.1 Å². The van der Waals surface area contributed by atoms with E-state index in [0.717, 1.165) is 29.7 Å². The second-order valence-electron chi connectivity index (χ2n) is 9.24. The fraction of sp³-hybridized carbons (Fsp3) is 0.310. The van der Waals surface area contributed by atoms with Crippen LogP contribution in [0, 0.1) is 5.92 Å². The lowest BCUT2D eigenvalue weighted by Gasteiger charge is -2.32. The smallest absolute Gasteiger partial charge is 0.295 e. The largest absolute Gasteiger partial charge is 0.494 e. The fourth-order valence-electron chi connectivity index (χ4n) is 4.77. The van der Waals surface area contributed by atoms with Gasteiger partial charge in [-0.15, -0.1) is 0 Å². The topological polar surface area (TPSA) is 89.3 Å². The number of aromatic nitrogens is 3. The van der Waals surface area contributed by atoms with Crippen molar-refractivity contribution >= 4 is 22.9 Å². The molecule has 1 aliphatic heterocycles. The van der Waals surface area contributed by atoms with Gasteiger partial charge >= 0.3 is 0 Å². The van der Waals surface area contributed by atoms with E-state index in [2.05, 4.69) is 10.3 Å². The van der Waals surface area contributed by atoms with Crippen molar-refractivity contribution in [2.24, 2.45) is 5.92 Å². The number of carbonyl (C=O) groups excluding carboxylic acids is 1. The third-order valence-electron chi connectivity index (χ3n) is 6.66. The summed E-state index contributed by atoms with van der Waals surface area (Å²) in [6, 6.07) is 21.3. The summed E-state index contributed by atoms with van der Waals surface area (Å²) in [5.74, 6) is 0.965. The predicted molar refractivity (Wildman–Crippen MR) is 144 cm³/mol. The summed E-state index contributed by atoms with van der Waals surface area (Å²) in [6.07, 6.45) is 3.27. The van der Waals surface area contributed by atoms with E-state index in [0.29, 0.717) is 49.8 Å². The zero-order valence-corrected chi connectivity index (χ0v) is 21.0. The highest BCUT2D eigenvalue weighted by Gasteiger charge is 2.28. The first kappa shape index (κ1) is 24.5. The van der Waals surface area contributed by atoms with Crippen LogP contribution in [0.5, 0.6) is 5.75 Å². The second kappa shape index (κ2) is 11.2. The Bertz CT molecular complexity index is 1420. The first-order valence-corrected chi connectivity index (χ1v) is 12.8. The quantitative estimate of drug-likeness (QED) is 0.399. The Morgan fingerprint density at radius 3 is 2.65 bits per heavy atom. The first-order valence-electron chi connectivity index (χ1n) is 12.8. The molecule has 0 spiro atoms. The van der Waals surface area contributed by atoms with Gasteiger partial charge in [-0.3, -0.25) is 14.2 Å². The molecule has 0 bridgehead atoms. The number of nitrogens with one attached hydrogen (secondary N) is 1. The molecule has 1 unspecified atom stereocenters. The minimum absolute atomic E-state index is 0.00866. The normalized spacial score (nSPS) is 15.5. The van der Waals surface area contributed by atoms with Crippen LogP contribution in [0.25, 0.3) is 11.2 Å². The van der Waals surface area contributed by atoms with Crippen LogP contribution >= 0.6 is 0 Å². The lowest BCUT2D eigenvalue weighted by Crippen LogP contribution is -2.45. The van der Waals surface area contributed by atoms with Crippen LogP contribution in [0.15, 0.2) is 77.7 Å². The van der Waals surface area contributed by atoms with E-state index in [-0.39, 0.29) is 17.4 Å². The summed E-state index contributed by atoms with van der Waals surface area (Å²) >= 11 is 0. The molecule has 1 amide bonds. The maximum absolute atomic E-state index is 13.7. The molecule has 3 heterocycles. The lowest BCUT2D eigenvalue weighted by atomic mass is 9.97. The molecule has 2 aromatic heterocycles. The summed E-state index contributed by atoms with van der Waals surface area (Å²) in [7, 11) is 0. The molecule has 8 heteroatoms. The lowest BCUT2D eigenvalue weighted by molar-refractivity contribution is -0.125. The van der Waals surface area contributed by atoms with E-state index >= 15 is 0 Å². The number of ether oxygens (including phenoxy) is 1. The summed E-state index contributed by atoms with van der Waals surface area (Å²) in [5.41, 5.74) is 3.05. The van der Waals surface area contributed by atoms with Gasteiger partial charge in [-0.05, 0) is 55.2 Å². The summed E-state index contributed by atoms with van der Waals surface area (Å²) < 4.78 is 7.17. The first-order chi connectivity index (χ1) is 18.1. The molecular formula is C29H31N5O3. The molecule has 1 N–H and O–H groups in total. The van der Waals surface area contributed by atoms with Crippen molar-refractivity contribution < 1.29 is 9.53 Å². The molecule has 190 valence electrons. The molecule has 1 fully saturated rings. The van der Waals surface area contributed by atoms with Crippen LogP contribution < -0.4 is 20.5 Å². The van der Waals surface area contributed by atoms with Gasteiger partial charge in [0.2, 0.25) is 5.91 Å². The van der Waals surface area contributed by atoms with Gasteiger partial charge in [0, 0.05) is 25.8 Å². The van der Waals surface area contributed by atoms with E-state index in [9.17, 15) is 9.59 Å². The molecule has 2 aromatic carbocycles. The molecule has 8 nitrogen and oxygen atoms in total. The summed E-state index contributed by atoms with van der Waals surface area (Å²) in [4.78, 5) is 37.8. The van der Waals surface area contributed by atoms with Crippen molar-refractivity contribution in [3.8, 4) is 5.75 Å². The summed E-state index contributed by atoms with van der Waals surface area (Å²) in [6.45, 7) is 4.56. The predicted octanol–water partition coefficient (Wildman–Crippen LogP) is 3.77. The Labute approximate surface area is 215 Å². The van der Waals surface area contributed by atoms with E-state index in [4.69, 9.17) is 9.72 Å². The van der Waals surface area contributed by atoms with Crippen LogP contribution in [-0.4, -0.2) is 40.1 Å². The number of anilines is 1. The number of piperidine rings is 1. The van der Waals surface area contributed by atoms with Gasteiger partial charge in [0.15, 0.2) is 11.5 Å². The Morgan fingerprint density at radius 1 is 1.05 bits per heavy atom. The minimum atomic E-state index is -0.218. The molecule has 1 saturated heterocycles. The fourth-order valence-corrected chi connectivity index (χ4v) is 4.77. The van der Waals surface area contributed by atoms with Crippen molar-refractivity contribution in [3.05, 3.63) is 94.4 Å². The third kappa shape index (κ3) is 5.63. The monoisotopic (exact) mass is 497 g/mol. The maximum atomic E-state index is 13.7. The maximum Gasteiger partial charge on any atom is 0.295 e. The molecule has 0 saturated carbocycles. The average Bonchev–Trinajstić information content (AvgIpc) is 2.94. The SMILES string of the molecule is CCOc1ccc(CNC(=O)C2CCCN(c3nc4cccnc4n(Cc4ccccc4)c3=O)C2)cc1. The molecule has 0 aliphatic carbocycles. The molecular weight excluding hydrogens is 466 g/mol. The Hall–Kier alpha value is -4.20. The molecule has 4 aromatic rings. The van der Waals surface area contributed by atoms with Crippen LogP contribution in [0.3, 0.4) is 0 Å². The molecule has 0 radical (unpaired) electrons. The number of hydrogen-bond donors (Lipinski definition) is 1. The number of fused-ring (bicyclic) bond motifs is 1. The highest BCUT2D eigenvalue weighted by Crippen LogP contribution is 2.22. The number of hydrogen-bond acceptors (Lipinski definition) is 6. The van der Waals surface area contributed by atoms with Crippen LogP contribution in [0.4, 0.5) is 5.82 Å². The summed E-state index contributed by atoms with van der Waals surface area (Å²) in [5, 5.41) is 3.06. The van der Waals surface area contributed by atoms with Crippen molar-refractivity contribution in [1.29, 1.82) is 0 Å². The van der Waals surface area contributed by atoms with Crippen LogP contribution in [-0.2, 0) is 17.9 Å². The molecule has 5 rings (SSSR count). The third-order valence-corrected chi connectivity index (χ3v) is 6.66. The van der Waals surface area contributed by atoms with Crippen LogP contribution in [0.2, 0.25) is 0 Å². The van der Waals surface area contributed by atoms with Crippen molar-refractivity contribution in [3.63, 3.8) is 0 Å². The van der Waals surface area contributed by atoms with E-state index < -0.39 is 0 Å². The molecule has 1 atom stereocenters. The Kier molecular flexibility index (Phi) is 7.44. The van der Waals surface area contributed by atoms with Gasteiger partial charge in [-0.2, -0.15) is 0 Å². The number of rotatable bonds is 8. The van der Waals surface area contributed by atoms with Crippen molar-refractivity contribution in [2.75, 3.05) is 24.6 Å². The average molecular weight is 498 g/mol. The van der Waals surface area contributed by atoms with Crippen LogP contribution in [0.1, 0.15) is 30.9 Å². The number of amides is 1. The Balaban J connectivity index is 1.33. The van der Waals surface area contributed by atoms with Crippen molar-refractivity contribution in [1.82, 2.24) is 19.9 Å². The number of benzene rings is 2. The van der Waals surface area contributed by atoms with Gasteiger partial charge in [0.25, 0.3) is 5.56 Å². The highest BCUT2D eigenvalue weighted by molar-refractivity contribution is 5.79. The second-order valence-corrected chi connectivity index (χ2v) is 9.24. The van der Waals surface area contributed by atoms with Crippen molar-refractivity contribution in [2.45, 2.75) is 32.9 Å². The van der Waals surface area contributed by atoms with Gasteiger partial charge < -0.3 is 15.0 Å². The molecule has 37 heavy (non-hydrogen) atoms. The van der Waals surface area contributed by atoms with E-state index in [1.165, 1.54) is 0 Å². The molecule has 1 aliphatic rings. The van der Waals surface area contributed by atoms with E-state index in [1.807, 2.05) is 78.6 Å². The number of nitrogens with zero attached hydrogens (tertiary/aromatic N) is 4. The van der Waals surface area contributed by atoms with E-state index in [1.54, 1.807) is 10.8 Å².